The number of benzene rings is 2. The number of allylic oxidation sites excluding steroid dienone is 3. The van der Waals surface area contributed by atoms with Crippen molar-refractivity contribution in [1.82, 2.24) is 9.97 Å². The molecule has 0 spiro atoms. The van der Waals surface area contributed by atoms with Crippen LogP contribution in [-0.2, 0) is 4.79 Å². The molecule has 2 aromatic carbocycles. The van der Waals surface area contributed by atoms with Crippen molar-refractivity contribution in [2.24, 2.45) is 0 Å². The Kier molecular flexibility index (Phi) is 5.45. The number of hydrogen-bond donors (Lipinski definition) is 3. The van der Waals surface area contributed by atoms with E-state index in [1.807, 2.05) is 36.4 Å². The molecule has 0 aliphatic rings. The maximum absolute atomic E-state index is 12.1. The van der Waals surface area contributed by atoms with Crippen LogP contribution in [0.15, 0.2) is 94.2 Å². The zero-order chi connectivity index (χ0) is 21.8. The van der Waals surface area contributed by atoms with Gasteiger partial charge in [-0.25, -0.2) is 0 Å². The number of pyridine rings is 2. The molecule has 0 fully saturated rings. The molecule has 31 heavy (non-hydrogen) atoms. The second kappa shape index (κ2) is 8.51. The molecule has 6 nitrogen and oxygen atoms in total. The summed E-state index contributed by atoms with van der Waals surface area (Å²) < 4.78 is 0. The van der Waals surface area contributed by atoms with Crippen molar-refractivity contribution in [2.75, 3.05) is 0 Å². The van der Waals surface area contributed by atoms with Gasteiger partial charge in [0.15, 0.2) is 5.78 Å². The number of carbonyl (C=O) groups excluding carboxylic acids is 1. The summed E-state index contributed by atoms with van der Waals surface area (Å²) >= 11 is 0. The fourth-order valence-corrected chi connectivity index (χ4v) is 3.17. The summed E-state index contributed by atoms with van der Waals surface area (Å²) in [5, 5.41) is 11.7. The highest BCUT2D eigenvalue weighted by molar-refractivity contribution is 6.02. The van der Waals surface area contributed by atoms with E-state index in [-0.39, 0.29) is 16.9 Å². The second-order valence-corrected chi connectivity index (χ2v) is 6.92. The number of rotatable bonds is 5. The highest BCUT2D eigenvalue weighted by Gasteiger charge is 2.02. The van der Waals surface area contributed by atoms with E-state index in [0.717, 1.165) is 16.8 Å². The van der Waals surface area contributed by atoms with Crippen LogP contribution in [0.3, 0.4) is 0 Å². The Morgan fingerprint density at radius 2 is 1.23 bits per heavy atom. The SMILES string of the molecule is O=C(/C=C(O)/C=C/c1cc2ccccc2[nH]c1=O)/C=C/c1cc2ccccc2[nH]c1=O. The molecule has 0 bridgehead atoms. The molecule has 4 aromatic rings. The summed E-state index contributed by atoms with van der Waals surface area (Å²) in [5.41, 5.74) is 1.49. The Balaban J connectivity index is 1.52. The number of para-hydroxylation sites is 2. The zero-order valence-corrected chi connectivity index (χ0v) is 16.3. The number of aromatic nitrogens is 2. The first kappa shape index (κ1) is 19.8. The molecule has 152 valence electrons. The molecular formula is C25H18N2O4. The van der Waals surface area contributed by atoms with Crippen LogP contribution >= 0.6 is 0 Å². The number of fused-ring (bicyclic) bond motifs is 2. The van der Waals surface area contributed by atoms with E-state index in [1.54, 1.807) is 24.3 Å². The van der Waals surface area contributed by atoms with E-state index < -0.39 is 5.78 Å². The minimum absolute atomic E-state index is 0.301. The van der Waals surface area contributed by atoms with E-state index in [4.69, 9.17) is 0 Å². The Hall–Kier alpha value is -4.45. The number of aromatic amines is 2. The van der Waals surface area contributed by atoms with Gasteiger partial charge in [-0.05, 0) is 59.3 Å². The van der Waals surface area contributed by atoms with Gasteiger partial charge in [0.1, 0.15) is 5.76 Å². The van der Waals surface area contributed by atoms with Crippen molar-refractivity contribution in [1.29, 1.82) is 0 Å². The van der Waals surface area contributed by atoms with Crippen LogP contribution in [0.5, 0.6) is 0 Å². The minimum Gasteiger partial charge on any atom is -0.508 e. The third-order valence-electron chi connectivity index (χ3n) is 4.72. The van der Waals surface area contributed by atoms with Crippen molar-refractivity contribution >= 4 is 39.7 Å². The lowest BCUT2D eigenvalue weighted by Crippen LogP contribution is -2.09. The van der Waals surface area contributed by atoms with Gasteiger partial charge in [0.25, 0.3) is 11.1 Å². The molecule has 0 radical (unpaired) electrons. The van der Waals surface area contributed by atoms with E-state index in [1.165, 1.54) is 24.3 Å². The maximum Gasteiger partial charge on any atom is 0.255 e. The number of ketones is 1. The fraction of sp³-hybridized carbons (Fsp3) is 0. The van der Waals surface area contributed by atoms with E-state index in [0.29, 0.717) is 22.2 Å². The fourth-order valence-electron chi connectivity index (χ4n) is 3.17. The van der Waals surface area contributed by atoms with Crippen LogP contribution in [0.1, 0.15) is 11.1 Å². The lowest BCUT2D eigenvalue weighted by atomic mass is 10.1. The summed E-state index contributed by atoms with van der Waals surface area (Å²) in [4.78, 5) is 41.9. The van der Waals surface area contributed by atoms with Gasteiger partial charge in [-0.2, -0.15) is 0 Å². The van der Waals surface area contributed by atoms with Crippen molar-refractivity contribution in [3.05, 3.63) is 116 Å². The second-order valence-electron chi connectivity index (χ2n) is 6.92. The summed E-state index contributed by atoms with van der Waals surface area (Å²) in [6.07, 6.45) is 6.31. The molecule has 2 aromatic heterocycles. The van der Waals surface area contributed by atoms with Gasteiger partial charge in [0.05, 0.1) is 0 Å². The third-order valence-corrected chi connectivity index (χ3v) is 4.72. The molecule has 0 saturated carbocycles. The largest absolute Gasteiger partial charge is 0.508 e. The maximum atomic E-state index is 12.1. The molecule has 4 rings (SSSR count). The van der Waals surface area contributed by atoms with E-state index in [2.05, 4.69) is 9.97 Å². The lowest BCUT2D eigenvalue weighted by molar-refractivity contribution is -0.110. The number of aliphatic hydroxyl groups excluding tert-OH is 1. The molecule has 0 atom stereocenters. The summed E-state index contributed by atoms with van der Waals surface area (Å²) in [6, 6.07) is 18.1. The lowest BCUT2D eigenvalue weighted by Gasteiger charge is -1.99. The first-order valence-electron chi connectivity index (χ1n) is 9.54. The van der Waals surface area contributed by atoms with Gasteiger partial charge in [-0.3, -0.25) is 14.4 Å². The number of hydrogen-bond acceptors (Lipinski definition) is 4. The van der Waals surface area contributed by atoms with Crippen LogP contribution in [0.2, 0.25) is 0 Å². The molecule has 0 aliphatic carbocycles. The molecule has 0 saturated heterocycles. The molecular weight excluding hydrogens is 392 g/mol. The molecule has 0 amide bonds. The topological polar surface area (TPSA) is 103 Å². The van der Waals surface area contributed by atoms with Crippen LogP contribution in [0.4, 0.5) is 0 Å². The Morgan fingerprint density at radius 1 is 0.742 bits per heavy atom. The number of carbonyl (C=O) groups is 1. The number of H-pyrrole nitrogens is 2. The average Bonchev–Trinajstić information content (AvgIpc) is 2.76. The van der Waals surface area contributed by atoms with Crippen LogP contribution in [-0.4, -0.2) is 20.9 Å². The summed E-state index contributed by atoms with van der Waals surface area (Å²) in [6.45, 7) is 0. The molecule has 2 heterocycles. The van der Waals surface area contributed by atoms with Gasteiger partial charge in [0.2, 0.25) is 0 Å². The van der Waals surface area contributed by atoms with Crippen molar-refractivity contribution in [3.63, 3.8) is 0 Å². The monoisotopic (exact) mass is 410 g/mol. The molecule has 6 heteroatoms. The van der Waals surface area contributed by atoms with Gasteiger partial charge < -0.3 is 15.1 Å². The summed E-state index contributed by atoms with van der Waals surface area (Å²) in [7, 11) is 0. The Labute approximate surface area is 176 Å². The van der Waals surface area contributed by atoms with Gasteiger partial charge in [0, 0.05) is 28.2 Å². The normalized spacial score (nSPS) is 12.3. The number of nitrogens with one attached hydrogen (secondary N) is 2. The van der Waals surface area contributed by atoms with E-state index in [9.17, 15) is 19.5 Å². The smallest absolute Gasteiger partial charge is 0.255 e. The first-order chi connectivity index (χ1) is 15.0. The quantitative estimate of drug-likeness (QED) is 0.262. The van der Waals surface area contributed by atoms with Crippen molar-refractivity contribution in [2.45, 2.75) is 0 Å². The van der Waals surface area contributed by atoms with Crippen LogP contribution < -0.4 is 11.1 Å². The standard InChI is InChI=1S/C25H18N2O4/c28-20(11-9-18-13-16-5-1-3-7-22(16)26-24(18)30)15-21(29)12-10-19-14-17-6-2-4-8-23(17)27-25(19)31/h1-15,28H,(H,26,30)(H,27,31)/b11-9+,12-10+,20-15-. The number of aliphatic hydroxyl groups is 1. The highest BCUT2D eigenvalue weighted by atomic mass is 16.3. The first-order valence-corrected chi connectivity index (χ1v) is 9.54. The average molecular weight is 410 g/mol. The Bertz CT molecular complexity index is 1500. The Morgan fingerprint density at radius 3 is 1.77 bits per heavy atom. The van der Waals surface area contributed by atoms with Crippen molar-refractivity contribution < 1.29 is 9.90 Å². The zero-order valence-electron chi connectivity index (χ0n) is 16.3. The minimum atomic E-state index is -0.498. The highest BCUT2D eigenvalue weighted by Crippen LogP contribution is 2.12. The predicted molar refractivity (Wildman–Crippen MR) is 123 cm³/mol. The molecule has 0 aliphatic heterocycles. The predicted octanol–water partition coefficient (Wildman–Crippen LogP) is 4.11. The van der Waals surface area contributed by atoms with Gasteiger partial charge in [-0.15, -0.1) is 0 Å². The summed E-state index contributed by atoms with van der Waals surface area (Å²) in [5.74, 6) is -0.809. The van der Waals surface area contributed by atoms with Gasteiger partial charge in [-0.1, -0.05) is 36.4 Å². The van der Waals surface area contributed by atoms with Crippen LogP contribution in [0.25, 0.3) is 34.0 Å². The van der Waals surface area contributed by atoms with Crippen molar-refractivity contribution in [3.8, 4) is 0 Å². The molecule has 3 N–H and O–H groups in total. The van der Waals surface area contributed by atoms with E-state index >= 15 is 0 Å². The third kappa shape index (κ3) is 4.59. The molecule has 0 unspecified atom stereocenters. The van der Waals surface area contributed by atoms with Gasteiger partial charge >= 0.3 is 0 Å². The van der Waals surface area contributed by atoms with Crippen LogP contribution in [0, 0.1) is 0 Å².